The molecule has 1 aliphatic rings. The molecule has 98 valence electrons. The van der Waals surface area contributed by atoms with Crippen LogP contribution in [-0.2, 0) is 4.79 Å². The molecule has 18 heavy (non-hydrogen) atoms. The molecule has 0 radical (unpaired) electrons. The van der Waals surface area contributed by atoms with E-state index in [1.165, 1.54) is 0 Å². The van der Waals surface area contributed by atoms with Gasteiger partial charge in [0.2, 0.25) is 5.91 Å². The zero-order valence-electron chi connectivity index (χ0n) is 10.9. The molecule has 4 nitrogen and oxygen atoms in total. The number of hydrogen-bond acceptors (Lipinski definition) is 3. The third-order valence-electron chi connectivity index (χ3n) is 3.73. The number of nitrogens with two attached hydrogens (primary N) is 1. The highest BCUT2D eigenvalue weighted by Crippen LogP contribution is 2.43. The normalized spacial score (nSPS) is 17.9. The minimum atomic E-state index is -0.603. The van der Waals surface area contributed by atoms with Crippen LogP contribution in [0.2, 0.25) is 0 Å². The number of hydrogen-bond donors (Lipinski definition) is 2. The van der Waals surface area contributed by atoms with E-state index in [0.717, 1.165) is 24.3 Å². The molecule has 3 N–H and O–H groups in total. The first-order valence-electron chi connectivity index (χ1n) is 6.34. The van der Waals surface area contributed by atoms with Gasteiger partial charge in [-0.1, -0.05) is 6.92 Å². The number of primary amides is 1. The quantitative estimate of drug-likeness (QED) is 0.810. The van der Waals surface area contributed by atoms with Gasteiger partial charge < -0.3 is 15.8 Å². The van der Waals surface area contributed by atoms with E-state index >= 15 is 0 Å². The van der Waals surface area contributed by atoms with Crippen molar-refractivity contribution in [1.82, 2.24) is 0 Å². The molecule has 1 atom stereocenters. The fourth-order valence-corrected chi connectivity index (χ4v) is 2.42. The Kier molecular flexibility index (Phi) is 3.45. The molecule has 1 aromatic rings. The van der Waals surface area contributed by atoms with E-state index in [-0.39, 0.29) is 5.91 Å². The second-order valence-corrected chi connectivity index (χ2v) is 4.82. The predicted octanol–water partition coefficient (Wildman–Crippen LogP) is 2.15. The van der Waals surface area contributed by atoms with Gasteiger partial charge in [-0.2, -0.15) is 0 Å². The average molecular weight is 248 g/mol. The molecule has 0 aliphatic heterocycles. The fourth-order valence-electron chi connectivity index (χ4n) is 2.42. The number of carbonyl (C=O) groups excluding carboxylic acids is 1. The molecule has 1 amide bonds. The highest BCUT2D eigenvalue weighted by atomic mass is 16.5. The average Bonchev–Trinajstić information content (AvgIpc) is 3.21. The van der Waals surface area contributed by atoms with Gasteiger partial charge in [-0.25, -0.2) is 0 Å². The summed E-state index contributed by atoms with van der Waals surface area (Å²) in [6, 6.07) is 7.57. The SMILES string of the molecule is CCC(Nc1ccc(OC)cc1)(C(N)=O)C1CC1. The second kappa shape index (κ2) is 4.88. The van der Waals surface area contributed by atoms with Crippen molar-refractivity contribution in [2.75, 3.05) is 12.4 Å². The summed E-state index contributed by atoms with van der Waals surface area (Å²) in [6.45, 7) is 2.00. The Balaban J connectivity index is 2.19. The Morgan fingerprint density at radius 1 is 1.44 bits per heavy atom. The summed E-state index contributed by atoms with van der Waals surface area (Å²) >= 11 is 0. The van der Waals surface area contributed by atoms with E-state index in [2.05, 4.69) is 5.32 Å². The van der Waals surface area contributed by atoms with Crippen LogP contribution in [0.3, 0.4) is 0 Å². The second-order valence-electron chi connectivity index (χ2n) is 4.82. The molecule has 1 unspecified atom stereocenters. The molecule has 1 aromatic carbocycles. The third kappa shape index (κ3) is 2.28. The highest BCUT2D eigenvalue weighted by molar-refractivity contribution is 5.88. The number of anilines is 1. The van der Waals surface area contributed by atoms with Crippen LogP contribution in [-0.4, -0.2) is 18.6 Å². The monoisotopic (exact) mass is 248 g/mol. The molecule has 0 bridgehead atoms. The van der Waals surface area contributed by atoms with Crippen molar-refractivity contribution in [3.63, 3.8) is 0 Å². The Morgan fingerprint density at radius 3 is 2.44 bits per heavy atom. The highest BCUT2D eigenvalue weighted by Gasteiger charge is 2.48. The summed E-state index contributed by atoms with van der Waals surface area (Å²) in [5.41, 5.74) is 5.90. The summed E-state index contributed by atoms with van der Waals surface area (Å²) in [6.07, 6.45) is 2.85. The molecule has 2 rings (SSSR count). The standard InChI is InChI=1S/C14H20N2O2/c1-3-14(13(15)17,10-4-5-10)16-11-6-8-12(18-2)9-7-11/h6-10,16H,3-5H2,1-2H3,(H2,15,17). The molecule has 1 aliphatic carbocycles. The molecule has 1 fully saturated rings. The van der Waals surface area contributed by atoms with Crippen molar-refractivity contribution >= 4 is 11.6 Å². The number of ether oxygens (including phenoxy) is 1. The molecule has 4 heteroatoms. The lowest BCUT2D eigenvalue weighted by Crippen LogP contribution is -2.52. The largest absolute Gasteiger partial charge is 0.497 e. The lowest BCUT2D eigenvalue weighted by Gasteiger charge is -2.32. The van der Waals surface area contributed by atoms with Crippen molar-refractivity contribution in [1.29, 1.82) is 0 Å². The predicted molar refractivity (Wildman–Crippen MR) is 71.6 cm³/mol. The smallest absolute Gasteiger partial charge is 0.243 e. The summed E-state index contributed by atoms with van der Waals surface area (Å²) in [5, 5.41) is 3.32. The van der Waals surface area contributed by atoms with Crippen molar-refractivity contribution in [2.45, 2.75) is 31.7 Å². The number of methoxy groups -OCH3 is 1. The van der Waals surface area contributed by atoms with Crippen LogP contribution in [0.5, 0.6) is 5.75 Å². The summed E-state index contributed by atoms with van der Waals surface area (Å²) < 4.78 is 5.11. The van der Waals surface area contributed by atoms with Crippen LogP contribution < -0.4 is 15.8 Å². The lowest BCUT2D eigenvalue weighted by molar-refractivity contribution is -0.123. The number of carbonyl (C=O) groups is 1. The first-order chi connectivity index (χ1) is 8.62. The van der Waals surface area contributed by atoms with E-state index in [0.29, 0.717) is 12.3 Å². The van der Waals surface area contributed by atoms with Gasteiger partial charge in [-0.05, 0) is 49.4 Å². The summed E-state index contributed by atoms with van der Waals surface area (Å²) in [4.78, 5) is 11.8. The van der Waals surface area contributed by atoms with Crippen LogP contribution in [0.4, 0.5) is 5.69 Å². The third-order valence-corrected chi connectivity index (χ3v) is 3.73. The van der Waals surface area contributed by atoms with Crippen molar-refractivity contribution in [2.24, 2.45) is 11.7 Å². The molecular weight excluding hydrogens is 228 g/mol. The molecule has 0 saturated heterocycles. The Morgan fingerprint density at radius 2 is 2.06 bits per heavy atom. The topological polar surface area (TPSA) is 64.3 Å². The van der Waals surface area contributed by atoms with E-state index in [4.69, 9.17) is 10.5 Å². The fraction of sp³-hybridized carbons (Fsp3) is 0.500. The molecule has 0 spiro atoms. The van der Waals surface area contributed by atoms with Crippen LogP contribution in [0.15, 0.2) is 24.3 Å². The van der Waals surface area contributed by atoms with Crippen molar-refractivity contribution < 1.29 is 9.53 Å². The van der Waals surface area contributed by atoms with E-state index in [9.17, 15) is 4.79 Å². The minimum absolute atomic E-state index is 0.261. The van der Waals surface area contributed by atoms with Gasteiger partial charge in [0.25, 0.3) is 0 Å². The van der Waals surface area contributed by atoms with Gasteiger partial charge in [-0.15, -0.1) is 0 Å². The van der Waals surface area contributed by atoms with Crippen LogP contribution in [0, 0.1) is 5.92 Å². The maximum Gasteiger partial charge on any atom is 0.243 e. The van der Waals surface area contributed by atoms with Gasteiger partial charge in [0, 0.05) is 5.69 Å². The number of rotatable bonds is 6. The van der Waals surface area contributed by atoms with Gasteiger partial charge >= 0.3 is 0 Å². The maximum atomic E-state index is 11.8. The Bertz CT molecular complexity index is 426. The molecule has 0 heterocycles. The van der Waals surface area contributed by atoms with Crippen molar-refractivity contribution in [3.05, 3.63) is 24.3 Å². The van der Waals surface area contributed by atoms with Gasteiger partial charge in [0.15, 0.2) is 0 Å². The first kappa shape index (κ1) is 12.7. The van der Waals surface area contributed by atoms with E-state index in [1.807, 2.05) is 31.2 Å². The van der Waals surface area contributed by atoms with Gasteiger partial charge in [0.05, 0.1) is 7.11 Å². The Hall–Kier alpha value is -1.71. The molecule has 0 aromatic heterocycles. The zero-order valence-corrected chi connectivity index (χ0v) is 10.9. The first-order valence-corrected chi connectivity index (χ1v) is 6.34. The number of benzene rings is 1. The zero-order chi connectivity index (χ0) is 13.2. The van der Waals surface area contributed by atoms with Crippen molar-refractivity contribution in [3.8, 4) is 5.75 Å². The van der Waals surface area contributed by atoms with Crippen LogP contribution in [0.25, 0.3) is 0 Å². The Labute approximate surface area is 108 Å². The van der Waals surface area contributed by atoms with Gasteiger partial charge in [0.1, 0.15) is 11.3 Å². The molecular formula is C14H20N2O2. The number of nitrogens with one attached hydrogen (secondary N) is 1. The van der Waals surface area contributed by atoms with Crippen LogP contribution >= 0.6 is 0 Å². The van der Waals surface area contributed by atoms with E-state index < -0.39 is 5.54 Å². The van der Waals surface area contributed by atoms with E-state index in [1.54, 1.807) is 7.11 Å². The number of amides is 1. The molecule has 1 saturated carbocycles. The maximum absolute atomic E-state index is 11.8. The lowest BCUT2D eigenvalue weighted by atomic mass is 9.89. The minimum Gasteiger partial charge on any atom is -0.497 e. The summed E-state index contributed by atoms with van der Waals surface area (Å²) in [7, 11) is 1.63. The van der Waals surface area contributed by atoms with Gasteiger partial charge in [-0.3, -0.25) is 4.79 Å². The van der Waals surface area contributed by atoms with Crippen LogP contribution in [0.1, 0.15) is 26.2 Å². The summed E-state index contributed by atoms with van der Waals surface area (Å²) in [5.74, 6) is 0.901.